The summed E-state index contributed by atoms with van der Waals surface area (Å²) < 4.78 is 64.1. The van der Waals surface area contributed by atoms with Crippen molar-refractivity contribution in [1.82, 2.24) is 4.90 Å². The predicted octanol–water partition coefficient (Wildman–Crippen LogP) is 5.67. The lowest BCUT2D eigenvalue weighted by atomic mass is 9.99. The van der Waals surface area contributed by atoms with Crippen molar-refractivity contribution in [3.63, 3.8) is 0 Å². The van der Waals surface area contributed by atoms with Gasteiger partial charge in [0.25, 0.3) is 0 Å². The molecule has 1 aliphatic heterocycles. The third-order valence-corrected chi connectivity index (χ3v) is 5.68. The number of benzene rings is 3. The summed E-state index contributed by atoms with van der Waals surface area (Å²) in [5.41, 5.74) is 3.43. The van der Waals surface area contributed by atoms with Crippen LogP contribution in [0.5, 0.6) is 28.7 Å². The van der Waals surface area contributed by atoms with Gasteiger partial charge in [-0.1, -0.05) is 18.2 Å². The Morgan fingerprint density at radius 2 is 1.54 bits per heavy atom. The summed E-state index contributed by atoms with van der Waals surface area (Å²) in [5.74, 6) is 2.35. The quantitative estimate of drug-likeness (QED) is 0.426. The number of methoxy groups -OCH3 is 3. The maximum absolute atomic E-state index is 12.4. The molecule has 6 nitrogen and oxygen atoms in total. The van der Waals surface area contributed by atoms with Crippen LogP contribution in [0, 0.1) is 0 Å². The fraction of sp³-hybridized carbons (Fsp3) is 0.308. The van der Waals surface area contributed by atoms with Crippen LogP contribution in [-0.2, 0) is 13.1 Å². The van der Waals surface area contributed by atoms with Gasteiger partial charge in [0.05, 0.1) is 26.9 Å². The highest BCUT2D eigenvalue weighted by molar-refractivity contribution is 5.79. The Kier molecular flexibility index (Phi) is 7.25. The third-order valence-electron chi connectivity index (χ3n) is 5.68. The summed E-state index contributed by atoms with van der Waals surface area (Å²) >= 11 is 0. The third kappa shape index (κ3) is 5.74. The molecule has 0 bridgehead atoms. The molecule has 0 spiro atoms. The molecule has 0 amide bonds. The second-order valence-electron chi connectivity index (χ2n) is 7.96. The van der Waals surface area contributed by atoms with Crippen molar-refractivity contribution < 1.29 is 36.9 Å². The van der Waals surface area contributed by atoms with E-state index in [1.165, 1.54) is 12.1 Å². The van der Waals surface area contributed by atoms with Gasteiger partial charge in [-0.2, -0.15) is 0 Å². The Balaban J connectivity index is 1.63. The molecule has 0 aliphatic carbocycles. The molecular formula is C26H26F3NO5. The zero-order valence-electron chi connectivity index (χ0n) is 19.6. The SMILES string of the molecule is COc1cc(-c2c(OC)cccc2OC)cc2c1OCCN(Cc1ccc(OC(F)(F)F)cc1)C2. The van der Waals surface area contributed by atoms with Crippen molar-refractivity contribution in [2.75, 3.05) is 34.5 Å². The summed E-state index contributed by atoms with van der Waals surface area (Å²) in [4.78, 5) is 2.16. The first-order valence-electron chi connectivity index (χ1n) is 10.9. The van der Waals surface area contributed by atoms with Gasteiger partial charge < -0.3 is 23.7 Å². The minimum atomic E-state index is -4.71. The van der Waals surface area contributed by atoms with Crippen molar-refractivity contribution in [1.29, 1.82) is 0 Å². The second-order valence-corrected chi connectivity index (χ2v) is 7.96. The Hall–Kier alpha value is -3.59. The molecule has 0 aromatic heterocycles. The van der Waals surface area contributed by atoms with Crippen LogP contribution in [0.2, 0.25) is 0 Å². The van der Waals surface area contributed by atoms with E-state index < -0.39 is 6.36 Å². The van der Waals surface area contributed by atoms with Crippen LogP contribution in [0.4, 0.5) is 13.2 Å². The lowest BCUT2D eigenvalue weighted by molar-refractivity contribution is -0.274. The first-order valence-corrected chi connectivity index (χ1v) is 10.9. The standard InChI is InChI=1S/C26H26F3NO5/c1-31-21-5-4-6-22(32-2)24(21)18-13-19-16-30(11-12-34-25(19)23(14-18)33-3)15-17-7-9-20(10-8-17)35-26(27,28)29/h4-10,13-14H,11-12,15-16H2,1-3H3. The van der Waals surface area contributed by atoms with E-state index >= 15 is 0 Å². The minimum Gasteiger partial charge on any atom is -0.496 e. The smallest absolute Gasteiger partial charge is 0.496 e. The molecule has 9 heteroatoms. The monoisotopic (exact) mass is 489 g/mol. The molecule has 0 radical (unpaired) electrons. The number of nitrogens with zero attached hydrogens (tertiary/aromatic N) is 1. The molecule has 0 N–H and O–H groups in total. The minimum absolute atomic E-state index is 0.245. The van der Waals surface area contributed by atoms with Gasteiger partial charge in [-0.05, 0) is 47.5 Å². The molecule has 0 fully saturated rings. The van der Waals surface area contributed by atoms with E-state index in [1.54, 1.807) is 33.5 Å². The van der Waals surface area contributed by atoms with Crippen LogP contribution in [0.1, 0.15) is 11.1 Å². The van der Waals surface area contributed by atoms with Crippen molar-refractivity contribution in [3.8, 4) is 39.9 Å². The highest BCUT2D eigenvalue weighted by Crippen LogP contribution is 2.44. The lowest BCUT2D eigenvalue weighted by Gasteiger charge is -2.21. The zero-order valence-corrected chi connectivity index (χ0v) is 19.6. The van der Waals surface area contributed by atoms with E-state index in [0.29, 0.717) is 49.2 Å². The first-order chi connectivity index (χ1) is 16.8. The molecule has 1 heterocycles. The first kappa shape index (κ1) is 24.5. The Morgan fingerprint density at radius 1 is 0.886 bits per heavy atom. The van der Waals surface area contributed by atoms with Crippen molar-refractivity contribution in [2.24, 2.45) is 0 Å². The lowest BCUT2D eigenvalue weighted by Crippen LogP contribution is -2.25. The number of fused-ring (bicyclic) bond motifs is 1. The van der Waals surface area contributed by atoms with E-state index in [-0.39, 0.29) is 5.75 Å². The molecule has 1 aliphatic rings. The van der Waals surface area contributed by atoms with Crippen molar-refractivity contribution in [2.45, 2.75) is 19.5 Å². The Labute approximate surface area is 201 Å². The van der Waals surface area contributed by atoms with E-state index in [4.69, 9.17) is 18.9 Å². The number of hydrogen-bond acceptors (Lipinski definition) is 6. The van der Waals surface area contributed by atoms with E-state index in [0.717, 1.165) is 22.3 Å². The van der Waals surface area contributed by atoms with Gasteiger partial charge in [0.2, 0.25) is 0 Å². The fourth-order valence-electron chi connectivity index (χ4n) is 4.16. The molecule has 186 valence electrons. The van der Waals surface area contributed by atoms with Crippen LogP contribution in [-0.4, -0.2) is 45.7 Å². The average Bonchev–Trinajstić information content (AvgIpc) is 3.04. The van der Waals surface area contributed by atoms with Gasteiger partial charge in [0.15, 0.2) is 11.5 Å². The Bertz CT molecular complexity index is 1140. The highest BCUT2D eigenvalue weighted by Gasteiger charge is 2.31. The molecule has 3 aromatic rings. The normalized spacial score (nSPS) is 13.9. The number of alkyl halides is 3. The highest BCUT2D eigenvalue weighted by atomic mass is 19.4. The maximum atomic E-state index is 12.4. The van der Waals surface area contributed by atoms with Crippen LogP contribution < -0.4 is 23.7 Å². The van der Waals surface area contributed by atoms with Crippen LogP contribution in [0.15, 0.2) is 54.6 Å². The molecule has 0 saturated heterocycles. The number of ether oxygens (including phenoxy) is 5. The molecular weight excluding hydrogens is 463 g/mol. The second kappa shape index (κ2) is 10.4. The zero-order chi connectivity index (χ0) is 25.0. The number of hydrogen-bond donors (Lipinski definition) is 0. The van der Waals surface area contributed by atoms with Crippen LogP contribution in [0.25, 0.3) is 11.1 Å². The van der Waals surface area contributed by atoms with E-state index in [1.807, 2.05) is 30.3 Å². The molecule has 4 rings (SSSR count). The molecule has 0 saturated carbocycles. The summed E-state index contributed by atoms with van der Waals surface area (Å²) in [7, 11) is 4.80. The average molecular weight is 489 g/mol. The largest absolute Gasteiger partial charge is 0.573 e. The van der Waals surface area contributed by atoms with E-state index in [2.05, 4.69) is 9.64 Å². The van der Waals surface area contributed by atoms with E-state index in [9.17, 15) is 13.2 Å². The van der Waals surface area contributed by atoms with Gasteiger partial charge in [0, 0.05) is 25.2 Å². The van der Waals surface area contributed by atoms with Crippen LogP contribution in [0.3, 0.4) is 0 Å². The fourth-order valence-corrected chi connectivity index (χ4v) is 4.16. The molecule has 3 aromatic carbocycles. The molecule has 0 atom stereocenters. The summed E-state index contributed by atoms with van der Waals surface area (Å²) in [6, 6.07) is 15.4. The molecule has 35 heavy (non-hydrogen) atoms. The Morgan fingerprint density at radius 3 is 2.14 bits per heavy atom. The summed E-state index contributed by atoms with van der Waals surface area (Å²) in [5, 5.41) is 0. The van der Waals surface area contributed by atoms with Gasteiger partial charge in [-0.15, -0.1) is 13.2 Å². The molecule has 0 unspecified atom stereocenters. The van der Waals surface area contributed by atoms with Gasteiger partial charge >= 0.3 is 6.36 Å². The van der Waals surface area contributed by atoms with Gasteiger partial charge in [-0.3, -0.25) is 4.90 Å². The van der Waals surface area contributed by atoms with Crippen molar-refractivity contribution in [3.05, 3.63) is 65.7 Å². The van der Waals surface area contributed by atoms with Gasteiger partial charge in [0.1, 0.15) is 23.9 Å². The summed E-state index contributed by atoms with van der Waals surface area (Å²) in [6.07, 6.45) is -4.71. The number of rotatable bonds is 7. The predicted molar refractivity (Wildman–Crippen MR) is 124 cm³/mol. The maximum Gasteiger partial charge on any atom is 0.573 e. The van der Waals surface area contributed by atoms with Crippen LogP contribution >= 0.6 is 0 Å². The topological polar surface area (TPSA) is 49.4 Å². The van der Waals surface area contributed by atoms with Gasteiger partial charge in [-0.25, -0.2) is 0 Å². The van der Waals surface area contributed by atoms with Crippen molar-refractivity contribution >= 4 is 0 Å². The summed E-state index contributed by atoms with van der Waals surface area (Å²) in [6.45, 7) is 2.15. The number of halogens is 3.